The molecule has 1 unspecified atom stereocenters. The largest absolute Gasteiger partial charge is 0.481 e. The van der Waals surface area contributed by atoms with E-state index in [0.29, 0.717) is 6.42 Å². The number of nitrogens with zero attached hydrogens (tertiary/aromatic N) is 2. The van der Waals surface area contributed by atoms with Crippen molar-refractivity contribution in [2.45, 2.75) is 37.3 Å². The Balaban J connectivity index is 2.52. The molecule has 5 heteroatoms. The second kappa shape index (κ2) is 4.41. The minimum Gasteiger partial charge on any atom is -0.481 e. The van der Waals surface area contributed by atoms with E-state index in [1.807, 2.05) is 13.2 Å². The van der Waals surface area contributed by atoms with Crippen molar-refractivity contribution in [3.63, 3.8) is 0 Å². The third kappa shape index (κ3) is 1.80. The van der Waals surface area contributed by atoms with Crippen LogP contribution in [0.1, 0.15) is 36.2 Å². The van der Waals surface area contributed by atoms with Crippen LogP contribution in [0.25, 0.3) is 0 Å². The van der Waals surface area contributed by atoms with Crippen LogP contribution in [0.4, 0.5) is 0 Å². The molecule has 16 heavy (non-hydrogen) atoms. The third-order valence-corrected chi connectivity index (χ3v) is 3.46. The molecule has 0 fully saturated rings. The topological polar surface area (TPSA) is 63.1 Å². The molecule has 0 aromatic carbocycles. The van der Waals surface area contributed by atoms with Gasteiger partial charge in [0.05, 0.1) is 5.92 Å². The second-order valence-electron chi connectivity index (χ2n) is 3.80. The number of carboxylic acid groups (broad SMARTS) is 1. The molecule has 0 saturated heterocycles. The van der Waals surface area contributed by atoms with E-state index in [9.17, 15) is 4.79 Å². The van der Waals surface area contributed by atoms with E-state index < -0.39 is 11.9 Å². The fourth-order valence-electron chi connectivity index (χ4n) is 2.17. The van der Waals surface area contributed by atoms with Crippen LogP contribution in [0.2, 0.25) is 0 Å². The Kier molecular flexibility index (Phi) is 3.14. The van der Waals surface area contributed by atoms with E-state index in [4.69, 9.17) is 5.11 Å². The molecule has 2 rings (SSSR count). The Morgan fingerprint density at radius 2 is 2.31 bits per heavy atom. The van der Waals surface area contributed by atoms with Gasteiger partial charge in [0, 0.05) is 17.0 Å². The van der Waals surface area contributed by atoms with Gasteiger partial charge in [0.2, 0.25) is 0 Å². The van der Waals surface area contributed by atoms with Crippen molar-refractivity contribution in [1.29, 1.82) is 0 Å². The van der Waals surface area contributed by atoms with Gasteiger partial charge in [-0.2, -0.15) is 0 Å². The van der Waals surface area contributed by atoms with Crippen LogP contribution in [-0.4, -0.2) is 27.3 Å². The average molecular weight is 238 g/mol. The second-order valence-corrected chi connectivity index (χ2v) is 4.57. The van der Waals surface area contributed by atoms with Gasteiger partial charge in [-0.25, -0.2) is 9.97 Å². The van der Waals surface area contributed by atoms with Crippen molar-refractivity contribution in [2.24, 2.45) is 0 Å². The Morgan fingerprint density at radius 1 is 1.56 bits per heavy atom. The number of carboxylic acids is 1. The summed E-state index contributed by atoms with van der Waals surface area (Å²) in [6.07, 6.45) is 4.12. The first-order valence-electron chi connectivity index (χ1n) is 5.33. The summed E-state index contributed by atoms with van der Waals surface area (Å²) >= 11 is 1.50. The summed E-state index contributed by atoms with van der Waals surface area (Å²) in [5.41, 5.74) is 2.70. The van der Waals surface area contributed by atoms with Crippen LogP contribution in [0, 0.1) is 0 Å². The quantitative estimate of drug-likeness (QED) is 0.643. The number of aromatic nitrogens is 2. The maximum atomic E-state index is 11.1. The predicted molar refractivity (Wildman–Crippen MR) is 61.9 cm³/mol. The molecule has 1 aromatic heterocycles. The summed E-state index contributed by atoms with van der Waals surface area (Å²) in [5, 5.41) is 9.90. The van der Waals surface area contributed by atoms with E-state index in [0.717, 1.165) is 34.9 Å². The van der Waals surface area contributed by atoms with Crippen molar-refractivity contribution in [2.75, 3.05) is 6.26 Å². The number of aliphatic carboxylic acids is 1. The summed E-state index contributed by atoms with van der Waals surface area (Å²) in [4.78, 5) is 19.9. The zero-order valence-corrected chi connectivity index (χ0v) is 10.2. The summed E-state index contributed by atoms with van der Waals surface area (Å²) in [7, 11) is 0. The highest BCUT2D eigenvalue weighted by atomic mass is 32.2. The lowest BCUT2D eigenvalue weighted by atomic mass is 10.0. The van der Waals surface area contributed by atoms with Crippen LogP contribution >= 0.6 is 11.8 Å². The zero-order valence-electron chi connectivity index (χ0n) is 9.36. The number of hydrogen-bond acceptors (Lipinski definition) is 4. The van der Waals surface area contributed by atoms with Crippen LogP contribution in [0.15, 0.2) is 5.16 Å². The minimum absolute atomic E-state index is 0.402. The van der Waals surface area contributed by atoms with Crippen LogP contribution in [0.5, 0.6) is 0 Å². The molecule has 1 aliphatic carbocycles. The molecule has 1 heterocycles. The molecule has 86 valence electrons. The van der Waals surface area contributed by atoms with Gasteiger partial charge in [0.15, 0.2) is 5.16 Å². The molecule has 4 nitrogen and oxygen atoms in total. The normalized spacial score (nSPS) is 18.5. The van der Waals surface area contributed by atoms with Crippen molar-refractivity contribution < 1.29 is 9.90 Å². The average Bonchev–Trinajstić information content (AvgIpc) is 2.71. The highest BCUT2D eigenvalue weighted by Gasteiger charge is 2.32. The predicted octanol–water partition coefficient (Wildman–Crippen LogP) is 1.88. The van der Waals surface area contributed by atoms with Crippen molar-refractivity contribution in [3.05, 3.63) is 17.0 Å². The molecule has 1 atom stereocenters. The van der Waals surface area contributed by atoms with E-state index in [2.05, 4.69) is 9.97 Å². The molecule has 1 aromatic rings. The molecule has 0 saturated carbocycles. The van der Waals surface area contributed by atoms with Gasteiger partial charge in [-0.3, -0.25) is 4.79 Å². The molecule has 0 amide bonds. The first kappa shape index (κ1) is 11.4. The fourth-order valence-corrected chi connectivity index (χ4v) is 2.57. The lowest BCUT2D eigenvalue weighted by Gasteiger charge is -2.10. The van der Waals surface area contributed by atoms with Gasteiger partial charge >= 0.3 is 5.97 Å². The highest BCUT2D eigenvalue weighted by Crippen LogP contribution is 2.35. The van der Waals surface area contributed by atoms with Gasteiger partial charge in [-0.05, 0) is 25.5 Å². The van der Waals surface area contributed by atoms with Crippen LogP contribution < -0.4 is 0 Å². The van der Waals surface area contributed by atoms with Crippen molar-refractivity contribution >= 4 is 17.7 Å². The lowest BCUT2D eigenvalue weighted by molar-refractivity contribution is -0.138. The number of thioether (sulfide) groups is 1. The molecular formula is C11H14N2O2S. The summed E-state index contributed by atoms with van der Waals surface area (Å²) < 4.78 is 0. The summed E-state index contributed by atoms with van der Waals surface area (Å²) in [6.45, 7) is 2.00. The fraction of sp³-hybridized carbons (Fsp3) is 0.545. The molecule has 1 aliphatic rings. The van der Waals surface area contributed by atoms with E-state index in [1.165, 1.54) is 11.8 Å². The van der Waals surface area contributed by atoms with Crippen molar-refractivity contribution in [1.82, 2.24) is 9.97 Å². The first-order valence-corrected chi connectivity index (χ1v) is 6.56. The van der Waals surface area contributed by atoms with Gasteiger partial charge in [0.25, 0.3) is 0 Å². The molecule has 1 N–H and O–H groups in total. The zero-order chi connectivity index (χ0) is 11.7. The van der Waals surface area contributed by atoms with E-state index >= 15 is 0 Å². The summed E-state index contributed by atoms with van der Waals surface area (Å²) in [5.74, 6) is -1.16. The number of aryl methyl sites for hydroxylation is 2. The Morgan fingerprint density at radius 3 is 2.88 bits per heavy atom. The number of carbonyl (C=O) groups is 1. The smallest absolute Gasteiger partial charge is 0.311 e. The third-order valence-electron chi connectivity index (χ3n) is 2.92. The Hall–Kier alpha value is -1.10. The van der Waals surface area contributed by atoms with Gasteiger partial charge < -0.3 is 5.11 Å². The maximum absolute atomic E-state index is 11.1. The molecular weight excluding hydrogens is 224 g/mol. The standard InChI is InChI=1S/C11H14N2O2S/c1-3-7-9-6(10(14)15)4-5-8(9)13-11(12-7)16-2/h6H,3-5H2,1-2H3,(H,14,15). The first-order chi connectivity index (χ1) is 7.67. The van der Waals surface area contributed by atoms with Crippen molar-refractivity contribution in [3.8, 4) is 0 Å². The number of rotatable bonds is 3. The van der Waals surface area contributed by atoms with Gasteiger partial charge in [-0.15, -0.1) is 0 Å². The lowest BCUT2D eigenvalue weighted by Crippen LogP contribution is -2.12. The summed E-state index contributed by atoms with van der Waals surface area (Å²) in [6, 6.07) is 0. The maximum Gasteiger partial charge on any atom is 0.311 e. The Bertz CT molecular complexity index is 434. The monoisotopic (exact) mass is 238 g/mol. The molecule has 0 bridgehead atoms. The highest BCUT2D eigenvalue weighted by molar-refractivity contribution is 7.98. The molecule has 0 radical (unpaired) electrons. The SMILES string of the molecule is CCc1nc(SC)nc2c1C(C(=O)O)CC2. The van der Waals surface area contributed by atoms with Gasteiger partial charge in [-0.1, -0.05) is 18.7 Å². The van der Waals surface area contributed by atoms with Gasteiger partial charge in [0.1, 0.15) is 0 Å². The van der Waals surface area contributed by atoms with E-state index in [-0.39, 0.29) is 0 Å². The molecule has 0 aliphatic heterocycles. The minimum atomic E-state index is -0.756. The van der Waals surface area contributed by atoms with Crippen LogP contribution in [0.3, 0.4) is 0 Å². The van der Waals surface area contributed by atoms with Crippen LogP contribution in [-0.2, 0) is 17.6 Å². The number of hydrogen-bond donors (Lipinski definition) is 1. The Labute approximate surface area is 98.5 Å². The van der Waals surface area contributed by atoms with E-state index in [1.54, 1.807) is 0 Å². The number of fused-ring (bicyclic) bond motifs is 1. The molecule has 0 spiro atoms.